The molecular formula is C28H34FN3O4. The van der Waals surface area contributed by atoms with Crippen molar-refractivity contribution in [3.8, 4) is 11.4 Å². The number of aliphatic hydroxyl groups is 1. The number of pyridine rings is 2. The molecule has 0 aliphatic heterocycles. The van der Waals surface area contributed by atoms with Gasteiger partial charge in [0, 0.05) is 42.3 Å². The number of ether oxygens (including phenoxy) is 1. The van der Waals surface area contributed by atoms with E-state index in [-0.39, 0.29) is 41.6 Å². The molecule has 8 heteroatoms. The normalized spacial score (nSPS) is 17.1. The molecule has 1 aromatic carbocycles. The van der Waals surface area contributed by atoms with Crippen LogP contribution in [0, 0.1) is 12.7 Å². The Morgan fingerprint density at radius 1 is 1.33 bits per heavy atom. The number of aryl methyl sites for hydroxylation is 1. The quantitative estimate of drug-likeness (QED) is 0.458. The molecule has 0 fully saturated rings. The molecule has 192 valence electrons. The summed E-state index contributed by atoms with van der Waals surface area (Å²) in [6.45, 7) is 5.64. The highest BCUT2D eigenvalue weighted by Crippen LogP contribution is 2.39. The Balaban J connectivity index is 2.12. The molecule has 36 heavy (non-hydrogen) atoms. The van der Waals surface area contributed by atoms with Crippen LogP contribution in [0.2, 0.25) is 0 Å². The SMILES string of the molecule is CCn1c(-c2cc3c4c(c(C)c(F)cc4n2)CCCC3NC)cc([C@](O)(C=O)CC)c(COC)c1=O. The van der Waals surface area contributed by atoms with E-state index in [0.29, 0.717) is 35.3 Å². The Hall–Kier alpha value is -2.94. The van der Waals surface area contributed by atoms with Crippen LogP contribution in [-0.2, 0) is 34.7 Å². The standard InChI is InChI=1S/C28H34FN3O4/c1-6-28(35,15-33)20-12-25(32(7-2)27(34)19(20)14-36-5)23-11-18-22(30-4)10-8-9-17-16(3)21(29)13-24(31-23)26(17)18/h11-13,15,22,30,35H,6-10,14H2,1-5H3/t22?,28-/m1/s1. The average molecular weight is 496 g/mol. The van der Waals surface area contributed by atoms with Crippen molar-refractivity contribution in [3.63, 3.8) is 0 Å². The minimum Gasteiger partial charge on any atom is -0.380 e. The fraction of sp³-hybridized carbons (Fsp3) is 0.464. The summed E-state index contributed by atoms with van der Waals surface area (Å²) in [6.07, 6.45) is 3.11. The lowest BCUT2D eigenvalue weighted by molar-refractivity contribution is -0.125. The topological polar surface area (TPSA) is 93.5 Å². The zero-order valence-corrected chi connectivity index (χ0v) is 21.6. The highest BCUT2D eigenvalue weighted by molar-refractivity contribution is 5.90. The molecule has 0 radical (unpaired) electrons. The first-order valence-electron chi connectivity index (χ1n) is 12.5. The fourth-order valence-corrected chi connectivity index (χ4v) is 5.46. The molecule has 2 atom stereocenters. The van der Waals surface area contributed by atoms with Crippen LogP contribution in [0.4, 0.5) is 4.39 Å². The number of carbonyl (C=O) groups excluding carboxylic acids is 1. The van der Waals surface area contributed by atoms with Gasteiger partial charge in [0.1, 0.15) is 11.4 Å². The first-order valence-corrected chi connectivity index (χ1v) is 12.5. The van der Waals surface area contributed by atoms with Crippen molar-refractivity contribution in [2.75, 3.05) is 14.2 Å². The van der Waals surface area contributed by atoms with Gasteiger partial charge in [0.25, 0.3) is 5.56 Å². The Kier molecular flexibility index (Phi) is 7.41. The van der Waals surface area contributed by atoms with Crippen LogP contribution in [0.5, 0.6) is 0 Å². The van der Waals surface area contributed by atoms with Crippen molar-refractivity contribution in [1.82, 2.24) is 14.9 Å². The lowest BCUT2D eigenvalue weighted by atomic mass is 9.88. The third kappa shape index (κ3) is 4.17. The summed E-state index contributed by atoms with van der Waals surface area (Å²) in [5, 5.41) is 15.5. The number of aromatic nitrogens is 2. The van der Waals surface area contributed by atoms with Crippen LogP contribution in [-0.4, -0.2) is 35.1 Å². The number of aldehydes is 1. The Morgan fingerprint density at radius 3 is 2.69 bits per heavy atom. The van der Waals surface area contributed by atoms with E-state index in [4.69, 9.17) is 9.72 Å². The van der Waals surface area contributed by atoms with E-state index in [0.717, 1.165) is 35.8 Å². The minimum atomic E-state index is -1.85. The van der Waals surface area contributed by atoms with Gasteiger partial charge in [0.15, 0.2) is 6.29 Å². The monoisotopic (exact) mass is 495 g/mol. The van der Waals surface area contributed by atoms with Crippen molar-refractivity contribution in [3.05, 3.63) is 62.2 Å². The fourth-order valence-electron chi connectivity index (χ4n) is 5.46. The lowest BCUT2D eigenvalue weighted by Gasteiger charge is -2.26. The number of methoxy groups -OCH3 is 1. The predicted molar refractivity (Wildman–Crippen MR) is 138 cm³/mol. The van der Waals surface area contributed by atoms with Crippen LogP contribution in [0.15, 0.2) is 23.0 Å². The summed E-state index contributed by atoms with van der Waals surface area (Å²) in [5.74, 6) is -0.304. The highest BCUT2D eigenvalue weighted by atomic mass is 19.1. The maximum Gasteiger partial charge on any atom is 0.257 e. The maximum atomic E-state index is 15.0. The first kappa shape index (κ1) is 26.1. The Labute approximate surface area is 210 Å². The van der Waals surface area contributed by atoms with E-state index in [1.165, 1.54) is 13.2 Å². The molecule has 0 amide bonds. The van der Waals surface area contributed by atoms with Crippen molar-refractivity contribution in [2.45, 2.75) is 71.2 Å². The van der Waals surface area contributed by atoms with E-state index in [2.05, 4.69) is 5.32 Å². The molecule has 0 saturated heterocycles. The third-order valence-electron chi connectivity index (χ3n) is 7.57. The van der Waals surface area contributed by atoms with Gasteiger partial charge in [-0.05, 0) is 75.4 Å². The second-order valence-corrected chi connectivity index (χ2v) is 9.49. The second kappa shape index (κ2) is 10.2. The van der Waals surface area contributed by atoms with Gasteiger partial charge in [-0.3, -0.25) is 9.59 Å². The molecule has 7 nitrogen and oxygen atoms in total. The van der Waals surface area contributed by atoms with Gasteiger partial charge in [-0.15, -0.1) is 0 Å². The third-order valence-corrected chi connectivity index (χ3v) is 7.57. The van der Waals surface area contributed by atoms with Gasteiger partial charge >= 0.3 is 0 Å². The summed E-state index contributed by atoms with van der Waals surface area (Å²) >= 11 is 0. The van der Waals surface area contributed by atoms with E-state index < -0.39 is 5.60 Å². The van der Waals surface area contributed by atoms with Gasteiger partial charge < -0.3 is 19.7 Å². The summed E-state index contributed by atoms with van der Waals surface area (Å²) < 4.78 is 21.8. The summed E-state index contributed by atoms with van der Waals surface area (Å²) in [4.78, 5) is 30.4. The van der Waals surface area contributed by atoms with Crippen molar-refractivity contribution in [2.24, 2.45) is 0 Å². The van der Waals surface area contributed by atoms with Crippen LogP contribution in [0.25, 0.3) is 22.3 Å². The van der Waals surface area contributed by atoms with Gasteiger partial charge in [-0.1, -0.05) is 6.92 Å². The highest BCUT2D eigenvalue weighted by Gasteiger charge is 2.33. The minimum absolute atomic E-state index is 0.0388. The zero-order valence-electron chi connectivity index (χ0n) is 21.6. The number of halogens is 1. The van der Waals surface area contributed by atoms with Gasteiger partial charge in [-0.2, -0.15) is 0 Å². The van der Waals surface area contributed by atoms with Crippen molar-refractivity contribution >= 4 is 17.2 Å². The summed E-state index contributed by atoms with van der Waals surface area (Å²) in [7, 11) is 3.37. The summed E-state index contributed by atoms with van der Waals surface area (Å²) in [6, 6.07) is 5.12. The molecule has 1 unspecified atom stereocenters. The second-order valence-electron chi connectivity index (χ2n) is 9.49. The number of nitrogens with zero attached hydrogens (tertiary/aromatic N) is 2. The molecule has 4 rings (SSSR count). The molecule has 2 heterocycles. The first-order chi connectivity index (χ1) is 17.2. The van der Waals surface area contributed by atoms with E-state index in [1.807, 2.05) is 27.0 Å². The molecule has 0 saturated carbocycles. The van der Waals surface area contributed by atoms with Crippen molar-refractivity contribution in [1.29, 1.82) is 0 Å². The molecule has 0 bridgehead atoms. The van der Waals surface area contributed by atoms with Crippen LogP contribution < -0.4 is 10.9 Å². The summed E-state index contributed by atoms with van der Waals surface area (Å²) in [5.41, 5.74) is 2.35. The van der Waals surface area contributed by atoms with Crippen LogP contribution in [0.1, 0.15) is 67.0 Å². The van der Waals surface area contributed by atoms with Gasteiger partial charge in [0.05, 0.1) is 23.5 Å². The van der Waals surface area contributed by atoms with E-state index >= 15 is 0 Å². The number of hydrogen-bond donors (Lipinski definition) is 2. The smallest absolute Gasteiger partial charge is 0.257 e. The molecule has 3 aromatic rings. The van der Waals surface area contributed by atoms with E-state index in [9.17, 15) is 19.1 Å². The van der Waals surface area contributed by atoms with Crippen LogP contribution >= 0.6 is 0 Å². The average Bonchev–Trinajstić information content (AvgIpc) is 3.07. The molecule has 2 N–H and O–H groups in total. The molecule has 0 spiro atoms. The number of rotatable bonds is 8. The number of benzene rings is 1. The molecule has 1 aliphatic rings. The molecular weight excluding hydrogens is 461 g/mol. The largest absolute Gasteiger partial charge is 0.380 e. The molecule has 2 aromatic heterocycles. The maximum absolute atomic E-state index is 15.0. The molecule has 1 aliphatic carbocycles. The number of carbonyl (C=O) groups is 1. The van der Waals surface area contributed by atoms with Crippen LogP contribution in [0.3, 0.4) is 0 Å². The van der Waals surface area contributed by atoms with Crippen molar-refractivity contribution < 1.29 is 19.0 Å². The number of hydrogen-bond acceptors (Lipinski definition) is 6. The van der Waals surface area contributed by atoms with Gasteiger partial charge in [-0.25, -0.2) is 9.37 Å². The zero-order chi connectivity index (χ0) is 26.2. The number of nitrogens with one attached hydrogen (secondary N) is 1. The van der Waals surface area contributed by atoms with E-state index in [1.54, 1.807) is 17.6 Å². The lowest BCUT2D eigenvalue weighted by Crippen LogP contribution is -2.35. The Bertz CT molecular complexity index is 1380. The Morgan fingerprint density at radius 2 is 2.08 bits per heavy atom. The predicted octanol–water partition coefficient (Wildman–Crippen LogP) is 4.07. The van der Waals surface area contributed by atoms with Gasteiger partial charge in [0.2, 0.25) is 0 Å².